The number of rotatable bonds is 21. The van der Waals surface area contributed by atoms with Crippen LogP contribution in [0.4, 0.5) is 0 Å². The van der Waals surface area contributed by atoms with Crippen molar-refractivity contribution in [1.29, 1.82) is 0 Å². The largest absolute Gasteiger partial charge is 0.493 e. The molecule has 1 saturated heterocycles. The highest BCUT2D eigenvalue weighted by atomic mass is 16.7. The molecule has 1 aliphatic carbocycles. The van der Waals surface area contributed by atoms with Crippen molar-refractivity contribution in [2.75, 3.05) is 34.7 Å². The van der Waals surface area contributed by atoms with Crippen LogP contribution in [0.15, 0.2) is 24.3 Å². The van der Waals surface area contributed by atoms with E-state index in [1.54, 1.807) is 21.3 Å². The minimum atomic E-state index is -0.650. The number of hydrogen-bond donors (Lipinski definition) is 0. The molecule has 0 aromatic heterocycles. The van der Waals surface area contributed by atoms with Gasteiger partial charge in [0, 0.05) is 23.8 Å². The van der Waals surface area contributed by atoms with Crippen molar-refractivity contribution in [3.8, 4) is 28.7 Å². The van der Waals surface area contributed by atoms with Gasteiger partial charge in [0.25, 0.3) is 0 Å². The van der Waals surface area contributed by atoms with Gasteiger partial charge in [-0.3, -0.25) is 9.59 Å². The summed E-state index contributed by atoms with van der Waals surface area (Å²) < 4.78 is 40.2. The Morgan fingerprint density at radius 2 is 1.22 bits per heavy atom. The second kappa shape index (κ2) is 18.4. The first kappa shape index (κ1) is 36.7. The summed E-state index contributed by atoms with van der Waals surface area (Å²) in [7, 11) is 4.68. The average molecular weight is 681 g/mol. The zero-order valence-electron chi connectivity index (χ0n) is 30.0. The topological polar surface area (TPSA) is 98.8 Å². The van der Waals surface area contributed by atoms with Gasteiger partial charge in [-0.15, -0.1) is 0 Å². The molecular formula is C40H56O9. The fourth-order valence-corrected chi connectivity index (χ4v) is 7.79. The van der Waals surface area contributed by atoms with Crippen LogP contribution in [0, 0.1) is 11.8 Å². The van der Waals surface area contributed by atoms with Gasteiger partial charge >= 0.3 is 11.9 Å². The molecule has 0 amide bonds. The Bertz CT molecular complexity index is 1360. The van der Waals surface area contributed by atoms with Crippen LogP contribution >= 0.6 is 0 Å². The first-order chi connectivity index (χ1) is 24.0. The lowest BCUT2D eigenvalue weighted by Crippen LogP contribution is -2.36. The van der Waals surface area contributed by atoms with Crippen LogP contribution in [-0.4, -0.2) is 46.7 Å². The minimum absolute atomic E-state index is 0.103. The maximum atomic E-state index is 13.4. The molecule has 1 fully saturated rings. The summed E-state index contributed by atoms with van der Waals surface area (Å²) in [6.07, 6.45) is 18.7. The molecule has 2 aromatic carbocycles. The van der Waals surface area contributed by atoms with Gasteiger partial charge < -0.3 is 33.2 Å². The molecule has 2 aliphatic heterocycles. The monoisotopic (exact) mass is 680 g/mol. The molecule has 9 heteroatoms. The van der Waals surface area contributed by atoms with Crippen molar-refractivity contribution >= 4 is 11.9 Å². The highest BCUT2D eigenvalue weighted by Gasteiger charge is 2.54. The van der Waals surface area contributed by atoms with Crippen molar-refractivity contribution in [3.05, 3.63) is 41.0 Å². The summed E-state index contributed by atoms with van der Waals surface area (Å²) >= 11 is 0. The number of benzene rings is 2. The van der Waals surface area contributed by atoms with E-state index in [9.17, 15) is 9.59 Å². The van der Waals surface area contributed by atoms with E-state index < -0.39 is 17.9 Å². The Morgan fingerprint density at radius 3 is 1.76 bits per heavy atom. The zero-order valence-corrected chi connectivity index (χ0v) is 30.0. The number of hydrogen-bond acceptors (Lipinski definition) is 9. The zero-order chi connectivity index (χ0) is 34.6. The fraction of sp³-hybridized carbons (Fsp3) is 0.650. The maximum Gasteiger partial charge on any atom is 0.310 e. The van der Waals surface area contributed by atoms with Gasteiger partial charge in [-0.25, -0.2) is 0 Å². The van der Waals surface area contributed by atoms with E-state index in [4.69, 9.17) is 33.2 Å². The van der Waals surface area contributed by atoms with E-state index in [0.717, 1.165) is 36.0 Å². The second-order valence-electron chi connectivity index (χ2n) is 13.7. The molecule has 49 heavy (non-hydrogen) atoms. The fourth-order valence-electron chi connectivity index (χ4n) is 7.79. The summed E-state index contributed by atoms with van der Waals surface area (Å²) in [4.78, 5) is 26.7. The predicted molar refractivity (Wildman–Crippen MR) is 187 cm³/mol. The first-order valence-electron chi connectivity index (χ1n) is 18.6. The van der Waals surface area contributed by atoms with Gasteiger partial charge in [0.15, 0.2) is 23.0 Å². The van der Waals surface area contributed by atoms with Gasteiger partial charge in [-0.2, -0.15) is 0 Å². The molecule has 0 radical (unpaired) electrons. The predicted octanol–water partition coefficient (Wildman–Crippen LogP) is 9.22. The lowest BCUT2D eigenvalue weighted by atomic mass is 9.66. The van der Waals surface area contributed by atoms with Crippen LogP contribution in [0.5, 0.6) is 28.7 Å². The molecule has 0 saturated carbocycles. The molecule has 3 aliphatic rings. The summed E-state index contributed by atoms with van der Waals surface area (Å²) in [5, 5.41) is 0. The van der Waals surface area contributed by atoms with E-state index in [1.165, 1.54) is 77.0 Å². The number of carbonyl (C=O) groups is 2. The first-order valence-corrected chi connectivity index (χ1v) is 18.6. The third kappa shape index (κ3) is 8.95. The van der Waals surface area contributed by atoms with Gasteiger partial charge in [0.2, 0.25) is 12.5 Å². The van der Waals surface area contributed by atoms with Crippen LogP contribution in [0.2, 0.25) is 0 Å². The molecule has 9 nitrogen and oxygen atoms in total. The third-order valence-corrected chi connectivity index (χ3v) is 10.4. The van der Waals surface area contributed by atoms with Crippen molar-refractivity contribution in [2.24, 2.45) is 11.8 Å². The van der Waals surface area contributed by atoms with Crippen LogP contribution in [0.25, 0.3) is 0 Å². The molecule has 270 valence electrons. The van der Waals surface area contributed by atoms with Crippen molar-refractivity contribution in [2.45, 2.75) is 122 Å². The van der Waals surface area contributed by atoms with E-state index in [-0.39, 0.29) is 31.3 Å². The van der Waals surface area contributed by atoms with Crippen molar-refractivity contribution in [1.82, 2.24) is 0 Å². The van der Waals surface area contributed by atoms with Gasteiger partial charge in [-0.05, 0) is 41.8 Å². The average Bonchev–Trinajstić information content (AvgIpc) is 3.74. The standard InChI is InChI=1S/C40H56O9/c1-5-6-7-8-9-10-11-12-13-14-15-16-17-18-19-20-35(41)49-38-29-24-32-31(47-26-48-32)23-28(29)36(37-30(38)25-46-40(37)42)27-21-33(43-2)39(45-4)34(22-27)44-3/h21-24,30,36-38H,5-20,25-26H2,1-4H3/t30-,36+,37-,38-/m0/s1. The number of unbranched alkanes of at least 4 members (excludes halogenated alkanes) is 14. The Kier molecular flexibility index (Phi) is 13.8. The maximum absolute atomic E-state index is 13.4. The quantitative estimate of drug-likeness (QED) is 0.0944. The summed E-state index contributed by atoms with van der Waals surface area (Å²) in [5.41, 5.74) is 2.42. The molecule has 0 unspecified atom stereocenters. The smallest absolute Gasteiger partial charge is 0.310 e. The normalized spacial score (nSPS) is 20.4. The minimum Gasteiger partial charge on any atom is -0.493 e. The van der Waals surface area contributed by atoms with Crippen LogP contribution in [0.3, 0.4) is 0 Å². The van der Waals surface area contributed by atoms with Crippen molar-refractivity contribution < 1.29 is 42.7 Å². The molecule has 2 heterocycles. The number of carbonyl (C=O) groups excluding carboxylic acids is 2. The van der Waals surface area contributed by atoms with Gasteiger partial charge in [0.05, 0.1) is 33.9 Å². The molecule has 4 atom stereocenters. The third-order valence-electron chi connectivity index (χ3n) is 10.4. The summed E-state index contributed by atoms with van der Waals surface area (Å²) in [6, 6.07) is 7.54. The Labute approximate surface area is 292 Å². The summed E-state index contributed by atoms with van der Waals surface area (Å²) in [6.45, 7) is 2.53. The van der Waals surface area contributed by atoms with Gasteiger partial charge in [0.1, 0.15) is 6.10 Å². The number of fused-ring (bicyclic) bond motifs is 3. The van der Waals surface area contributed by atoms with E-state index in [0.29, 0.717) is 35.2 Å². The number of methoxy groups -OCH3 is 3. The Balaban J connectivity index is 1.18. The lowest BCUT2D eigenvalue weighted by molar-refractivity contribution is -0.154. The van der Waals surface area contributed by atoms with E-state index in [1.807, 2.05) is 24.3 Å². The SMILES string of the molecule is CCCCCCCCCCCCCCCCCC(=O)O[C@H]1c2cc3c(cc2[C@@H](c2cc(OC)c(OC)c(OC)c2)[C@H]2C(=O)OC[C@@H]21)OCO3. The molecule has 0 spiro atoms. The number of ether oxygens (including phenoxy) is 7. The molecular weight excluding hydrogens is 624 g/mol. The highest BCUT2D eigenvalue weighted by molar-refractivity contribution is 5.79. The molecule has 0 N–H and O–H groups in total. The Hall–Kier alpha value is -3.62. The Morgan fingerprint density at radius 1 is 0.694 bits per heavy atom. The van der Waals surface area contributed by atoms with Crippen molar-refractivity contribution in [3.63, 3.8) is 0 Å². The molecule has 2 aromatic rings. The highest BCUT2D eigenvalue weighted by Crippen LogP contribution is 2.56. The summed E-state index contributed by atoms with van der Waals surface area (Å²) in [5.74, 6) is 0.656. The number of esters is 2. The van der Waals surface area contributed by atoms with Crippen LogP contribution in [0.1, 0.15) is 138 Å². The van der Waals surface area contributed by atoms with Crippen LogP contribution < -0.4 is 23.7 Å². The lowest BCUT2D eigenvalue weighted by Gasteiger charge is -2.38. The van der Waals surface area contributed by atoms with E-state index >= 15 is 0 Å². The molecule has 0 bridgehead atoms. The van der Waals surface area contributed by atoms with Gasteiger partial charge in [-0.1, -0.05) is 96.8 Å². The van der Waals surface area contributed by atoms with E-state index in [2.05, 4.69) is 6.92 Å². The second-order valence-corrected chi connectivity index (χ2v) is 13.7. The molecule has 5 rings (SSSR count). The van der Waals surface area contributed by atoms with Crippen LogP contribution in [-0.2, 0) is 19.1 Å². The number of cyclic esters (lactones) is 1.